The molecule has 0 spiro atoms. The van der Waals surface area contributed by atoms with Crippen LogP contribution in [0.3, 0.4) is 0 Å². The minimum atomic E-state index is -0.673. The lowest BCUT2D eigenvalue weighted by Gasteiger charge is -2.45. The van der Waals surface area contributed by atoms with E-state index in [0.717, 1.165) is 25.9 Å². The molecule has 5 heteroatoms. The Hall–Kier alpha value is -0.650. The van der Waals surface area contributed by atoms with Crippen LogP contribution in [-0.4, -0.2) is 71.7 Å². The van der Waals surface area contributed by atoms with Crippen molar-refractivity contribution in [2.75, 3.05) is 26.7 Å². The van der Waals surface area contributed by atoms with Crippen molar-refractivity contribution in [2.45, 2.75) is 49.9 Å². The summed E-state index contributed by atoms with van der Waals surface area (Å²) in [7, 11) is 2.23. The molecule has 3 aliphatic heterocycles. The number of piperidine rings is 1. The summed E-state index contributed by atoms with van der Waals surface area (Å²) >= 11 is 0. The van der Waals surface area contributed by atoms with Crippen LogP contribution in [0.5, 0.6) is 0 Å². The van der Waals surface area contributed by atoms with Crippen molar-refractivity contribution in [1.29, 1.82) is 0 Å². The van der Waals surface area contributed by atoms with Crippen molar-refractivity contribution in [1.82, 2.24) is 15.1 Å². The van der Waals surface area contributed by atoms with Gasteiger partial charge < -0.3 is 15.3 Å². The van der Waals surface area contributed by atoms with Crippen LogP contribution >= 0.6 is 0 Å². The van der Waals surface area contributed by atoms with Crippen LogP contribution in [0.2, 0.25) is 0 Å². The molecule has 0 saturated carbocycles. The van der Waals surface area contributed by atoms with Crippen LogP contribution < -0.4 is 5.32 Å². The molecule has 3 fully saturated rings. The average Bonchev–Trinajstić information content (AvgIpc) is 2.61. The number of nitrogens with zero attached hydrogens (tertiary/aromatic N) is 2. The highest BCUT2D eigenvalue weighted by molar-refractivity contribution is 5.74. The predicted molar refractivity (Wildman–Crippen MR) is 68.6 cm³/mol. The first-order valence-electron chi connectivity index (χ1n) is 7.08. The van der Waals surface area contributed by atoms with E-state index in [-0.39, 0.29) is 6.04 Å². The summed E-state index contributed by atoms with van der Waals surface area (Å²) in [5, 5.41) is 12.5. The zero-order valence-electron chi connectivity index (χ0n) is 11.0. The van der Waals surface area contributed by atoms with Crippen molar-refractivity contribution in [2.24, 2.45) is 0 Å². The normalized spacial score (nSPS) is 42.1. The van der Waals surface area contributed by atoms with Gasteiger partial charge in [0.1, 0.15) is 6.04 Å². The second kappa shape index (κ2) is 4.79. The number of rotatable bonds is 2. The van der Waals surface area contributed by atoms with E-state index < -0.39 is 5.97 Å². The van der Waals surface area contributed by atoms with E-state index in [1.54, 1.807) is 0 Å². The second-order valence-electron chi connectivity index (χ2n) is 5.97. The minimum absolute atomic E-state index is 0.327. The molecular weight excluding hydrogens is 230 g/mol. The number of piperazine rings is 1. The number of hydrogen-bond donors (Lipinski definition) is 2. The van der Waals surface area contributed by atoms with Crippen LogP contribution in [0.15, 0.2) is 0 Å². The molecular formula is C13H23N3O2. The molecule has 0 amide bonds. The van der Waals surface area contributed by atoms with E-state index in [2.05, 4.69) is 22.2 Å². The van der Waals surface area contributed by atoms with E-state index in [0.29, 0.717) is 24.7 Å². The van der Waals surface area contributed by atoms with Crippen LogP contribution in [0.1, 0.15) is 25.7 Å². The van der Waals surface area contributed by atoms with Crippen molar-refractivity contribution < 1.29 is 9.90 Å². The highest BCUT2D eigenvalue weighted by atomic mass is 16.4. The Morgan fingerprint density at radius 3 is 2.50 bits per heavy atom. The number of carboxylic acids is 1. The first kappa shape index (κ1) is 12.4. The van der Waals surface area contributed by atoms with Gasteiger partial charge in [0.15, 0.2) is 0 Å². The summed E-state index contributed by atoms with van der Waals surface area (Å²) < 4.78 is 0. The van der Waals surface area contributed by atoms with Crippen LogP contribution in [0.4, 0.5) is 0 Å². The first-order valence-corrected chi connectivity index (χ1v) is 7.08. The average molecular weight is 253 g/mol. The Morgan fingerprint density at radius 2 is 1.89 bits per heavy atom. The molecule has 2 N–H and O–H groups in total. The molecule has 102 valence electrons. The maximum Gasteiger partial charge on any atom is 0.322 e. The number of fused-ring (bicyclic) bond motifs is 2. The third-order valence-electron chi connectivity index (χ3n) is 5.11. The molecule has 3 unspecified atom stereocenters. The monoisotopic (exact) mass is 253 g/mol. The molecule has 0 aromatic carbocycles. The summed E-state index contributed by atoms with van der Waals surface area (Å²) in [5.41, 5.74) is 0. The van der Waals surface area contributed by atoms with Gasteiger partial charge in [0, 0.05) is 37.8 Å². The number of carboxylic acid groups (broad SMARTS) is 1. The molecule has 18 heavy (non-hydrogen) atoms. The molecule has 3 aliphatic rings. The summed E-state index contributed by atoms with van der Waals surface area (Å²) in [4.78, 5) is 16.1. The molecule has 5 nitrogen and oxygen atoms in total. The Bertz CT molecular complexity index is 322. The number of aliphatic carboxylic acids is 1. The number of nitrogens with one attached hydrogen (secondary N) is 1. The van der Waals surface area contributed by atoms with Crippen LogP contribution in [0.25, 0.3) is 0 Å². The van der Waals surface area contributed by atoms with Gasteiger partial charge in [-0.25, -0.2) is 0 Å². The maximum absolute atomic E-state index is 11.4. The lowest BCUT2D eigenvalue weighted by atomic mass is 9.94. The van der Waals surface area contributed by atoms with E-state index in [1.807, 2.05) is 0 Å². The Balaban J connectivity index is 1.72. The third-order valence-corrected chi connectivity index (χ3v) is 5.11. The molecule has 3 saturated heterocycles. The van der Waals surface area contributed by atoms with E-state index in [1.165, 1.54) is 12.8 Å². The van der Waals surface area contributed by atoms with Gasteiger partial charge in [0.05, 0.1) is 0 Å². The Morgan fingerprint density at radius 1 is 1.22 bits per heavy atom. The quantitative estimate of drug-likeness (QED) is 0.724. The topological polar surface area (TPSA) is 55.8 Å². The lowest BCUT2D eigenvalue weighted by molar-refractivity contribution is -0.145. The van der Waals surface area contributed by atoms with E-state index in [4.69, 9.17) is 0 Å². The fourth-order valence-electron chi connectivity index (χ4n) is 4.04. The highest BCUT2D eigenvalue weighted by Gasteiger charge is 2.43. The summed E-state index contributed by atoms with van der Waals surface area (Å²) in [6.07, 6.45) is 4.89. The molecule has 0 aromatic rings. The van der Waals surface area contributed by atoms with Gasteiger partial charge in [-0.2, -0.15) is 0 Å². The Kier molecular flexibility index (Phi) is 3.30. The fourth-order valence-corrected chi connectivity index (χ4v) is 4.04. The van der Waals surface area contributed by atoms with E-state index in [9.17, 15) is 9.90 Å². The fraction of sp³-hybridized carbons (Fsp3) is 0.923. The molecule has 3 atom stereocenters. The predicted octanol–water partition coefficient (Wildman–Crippen LogP) is -0.0300. The van der Waals surface area contributed by atoms with Crippen molar-refractivity contribution >= 4 is 5.97 Å². The number of hydrogen-bond acceptors (Lipinski definition) is 4. The summed E-state index contributed by atoms with van der Waals surface area (Å²) in [6.45, 7) is 2.40. The van der Waals surface area contributed by atoms with E-state index >= 15 is 0 Å². The molecule has 3 rings (SSSR count). The van der Waals surface area contributed by atoms with Gasteiger partial charge in [-0.05, 0) is 32.7 Å². The largest absolute Gasteiger partial charge is 0.480 e. The Labute approximate surface area is 108 Å². The number of carbonyl (C=O) groups is 1. The van der Waals surface area contributed by atoms with Crippen molar-refractivity contribution in [3.05, 3.63) is 0 Å². The molecule has 0 radical (unpaired) electrons. The first-order chi connectivity index (χ1) is 8.66. The van der Waals surface area contributed by atoms with Gasteiger partial charge in [-0.3, -0.25) is 9.69 Å². The van der Waals surface area contributed by atoms with Crippen LogP contribution in [-0.2, 0) is 4.79 Å². The van der Waals surface area contributed by atoms with Gasteiger partial charge in [-0.1, -0.05) is 0 Å². The van der Waals surface area contributed by atoms with Gasteiger partial charge in [0.2, 0.25) is 0 Å². The molecule has 3 heterocycles. The maximum atomic E-state index is 11.4. The molecule has 0 aliphatic carbocycles. The van der Waals surface area contributed by atoms with Gasteiger partial charge in [0.25, 0.3) is 0 Å². The lowest BCUT2D eigenvalue weighted by Crippen LogP contribution is -2.61. The van der Waals surface area contributed by atoms with Crippen LogP contribution in [0, 0.1) is 0 Å². The minimum Gasteiger partial charge on any atom is -0.480 e. The zero-order valence-corrected chi connectivity index (χ0v) is 11.0. The molecule has 0 aromatic heterocycles. The van der Waals surface area contributed by atoms with Gasteiger partial charge >= 0.3 is 5.97 Å². The van der Waals surface area contributed by atoms with Crippen molar-refractivity contribution in [3.63, 3.8) is 0 Å². The van der Waals surface area contributed by atoms with Crippen molar-refractivity contribution in [3.8, 4) is 0 Å². The standard InChI is InChI=1S/C13H23N3O2/c1-15-9-2-3-10(15)7-11(6-9)16-5-4-14-8-12(16)13(17)18/h9-12,14H,2-8H2,1H3,(H,17,18). The second-order valence-corrected chi connectivity index (χ2v) is 5.97. The molecule has 2 bridgehead atoms. The summed E-state index contributed by atoms with van der Waals surface area (Å²) in [6, 6.07) is 1.50. The summed E-state index contributed by atoms with van der Waals surface area (Å²) in [5.74, 6) is -0.673. The highest BCUT2D eigenvalue weighted by Crippen LogP contribution is 2.36. The smallest absolute Gasteiger partial charge is 0.322 e. The van der Waals surface area contributed by atoms with Gasteiger partial charge in [-0.15, -0.1) is 0 Å². The third kappa shape index (κ3) is 2.04. The zero-order chi connectivity index (χ0) is 12.7. The SMILES string of the molecule is CN1C2CCC1CC(N1CCNCC1C(=O)O)C2.